The molecule has 0 aliphatic heterocycles. The molecule has 0 heterocycles. The average Bonchev–Trinajstić information content (AvgIpc) is 2.73. The van der Waals surface area contributed by atoms with Crippen LogP contribution in [0, 0.1) is 11.3 Å². The van der Waals surface area contributed by atoms with E-state index in [4.69, 9.17) is 9.47 Å². The summed E-state index contributed by atoms with van der Waals surface area (Å²) in [6.07, 6.45) is -3.43. The molecule has 2 aromatic carbocycles. The Morgan fingerprint density at radius 3 is 2.43 bits per heavy atom. The molecule has 1 unspecified atom stereocenters. The first kappa shape index (κ1) is 22.6. The Kier molecular flexibility index (Phi) is 7.31. The minimum Gasteiger partial charge on any atom is -0.493 e. The Balaban J connectivity index is 2.12. The molecule has 0 bridgehead atoms. The van der Waals surface area contributed by atoms with Crippen LogP contribution in [0.2, 0.25) is 0 Å². The number of carbonyl (C=O) groups is 1. The van der Waals surface area contributed by atoms with Crippen molar-refractivity contribution in [2.75, 3.05) is 19.5 Å². The lowest BCUT2D eigenvalue weighted by molar-refractivity contribution is -0.137. The second-order valence-electron chi connectivity index (χ2n) is 6.20. The van der Waals surface area contributed by atoms with Gasteiger partial charge < -0.3 is 20.1 Å². The molecule has 0 saturated carbocycles. The van der Waals surface area contributed by atoms with E-state index in [0.717, 1.165) is 18.3 Å². The lowest BCUT2D eigenvalue weighted by atomic mass is 10.1. The SMILES string of the molecule is COc1ccc(C(C)NC(=O)/C(C#N)=C\Nc2cccc(C(F)(F)F)c2)cc1OC. The number of hydrogen-bond acceptors (Lipinski definition) is 5. The number of hydrogen-bond donors (Lipinski definition) is 2. The van der Waals surface area contributed by atoms with Crippen molar-refractivity contribution in [3.63, 3.8) is 0 Å². The van der Waals surface area contributed by atoms with Crippen molar-refractivity contribution in [2.24, 2.45) is 0 Å². The summed E-state index contributed by atoms with van der Waals surface area (Å²) in [4.78, 5) is 12.4. The van der Waals surface area contributed by atoms with Gasteiger partial charge in [-0.1, -0.05) is 12.1 Å². The molecule has 0 aromatic heterocycles. The number of rotatable bonds is 7. The minimum absolute atomic E-state index is 0.0957. The molecule has 2 rings (SSSR count). The maximum Gasteiger partial charge on any atom is 0.416 e. The van der Waals surface area contributed by atoms with E-state index in [1.165, 1.54) is 26.4 Å². The van der Waals surface area contributed by atoms with E-state index in [9.17, 15) is 23.2 Å². The zero-order valence-electron chi connectivity index (χ0n) is 16.5. The van der Waals surface area contributed by atoms with Gasteiger partial charge in [-0.25, -0.2) is 0 Å². The topological polar surface area (TPSA) is 83.4 Å². The fourth-order valence-electron chi connectivity index (χ4n) is 2.57. The second-order valence-corrected chi connectivity index (χ2v) is 6.20. The lowest BCUT2D eigenvalue weighted by Gasteiger charge is -2.16. The molecule has 0 radical (unpaired) electrons. The standard InChI is InChI=1S/C21H20F3N3O3/c1-13(14-7-8-18(29-2)19(9-14)30-3)27-20(28)15(11-25)12-26-17-6-4-5-16(10-17)21(22,23)24/h4-10,12-13,26H,1-3H3,(H,27,28)/b15-12-. The number of halogens is 3. The number of amides is 1. The summed E-state index contributed by atoms with van der Waals surface area (Å²) in [7, 11) is 2.99. The maximum absolute atomic E-state index is 12.8. The quantitative estimate of drug-likeness (QED) is 0.513. The van der Waals surface area contributed by atoms with Crippen LogP contribution in [0.15, 0.2) is 54.2 Å². The summed E-state index contributed by atoms with van der Waals surface area (Å²) in [5.74, 6) is 0.334. The molecule has 1 atom stereocenters. The summed E-state index contributed by atoms with van der Waals surface area (Å²) in [5, 5.41) is 14.5. The van der Waals surface area contributed by atoms with Crippen LogP contribution in [0.25, 0.3) is 0 Å². The van der Waals surface area contributed by atoms with Crippen molar-refractivity contribution in [2.45, 2.75) is 19.1 Å². The van der Waals surface area contributed by atoms with E-state index < -0.39 is 23.7 Å². The van der Waals surface area contributed by atoms with Gasteiger partial charge in [0.2, 0.25) is 0 Å². The highest BCUT2D eigenvalue weighted by atomic mass is 19.4. The van der Waals surface area contributed by atoms with Gasteiger partial charge in [0.1, 0.15) is 11.6 Å². The van der Waals surface area contributed by atoms with Crippen molar-refractivity contribution in [3.8, 4) is 17.6 Å². The molecule has 0 aliphatic rings. The maximum atomic E-state index is 12.8. The number of ether oxygens (including phenoxy) is 2. The Morgan fingerprint density at radius 1 is 1.13 bits per heavy atom. The zero-order chi connectivity index (χ0) is 22.3. The highest BCUT2D eigenvalue weighted by Crippen LogP contribution is 2.31. The number of alkyl halides is 3. The van der Waals surface area contributed by atoms with Crippen molar-refractivity contribution in [1.82, 2.24) is 5.32 Å². The summed E-state index contributed by atoms with van der Waals surface area (Å²) >= 11 is 0. The number of carbonyl (C=O) groups excluding carboxylic acids is 1. The Hall–Kier alpha value is -3.67. The summed E-state index contributed by atoms with van der Waals surface area (Å²) in [6.45, 7) is 1.72. The number of methoxy groups -OCH3 is 2. The Morgan fingerprint density at radius 2 is 1.83 bits per heavy atom. The Bertz CT molecular complexity index is 981. The van der Waals surface area contributed by atoms with Crippen LogP contribution >= 0.6 is 0 Å². The van der Waals surface area contributed by atoms with Crippen molar-refractivity contribution in [3.05, 3.63) is 65.4 Å². The molecule has 2 aromatic rings. The summed E-state index contributed by atoms with van der Waals surface area (Å²) in [5.41, 5.74) is -0.326. The van der Waals surface area contributed by atoms with E-state index in [0.29, 0.717) is 17.1 Å². The number of nitriles is 1. The molecule has 2 N–H and O–H groups in total. The fraction of sp³-hybridized carbons (Fsp3) is 0.238. The molecule has 0 aliphatic carbocycles. The largest absolute Gasteiger partial charge is 0.493 e. The van der Waals surface area contributed by atoms with Gasteiger partial charge in [0.25, 0.3) is 5.91 Å². The van der Waals surface area contributed by atoms with Crippen molar-refractivity contribution >= 4 is 11.6 Å². The van der Waals surface area contributed by atoms with Crippen LogP contribution in [0.4, 0.5) is 18.9 Å². The summed E-state index contributed by atoms with van der Waals surface area (Å²) in [6, 6.07) is 10.8. The van der Waals surface area contributed by atoms with Crippen molar-refractivity contribution < 1.29 is 27.4 Å². The average molecular weight is 419 g/mol. The minimum atomic E-state index is -4.49. The molecule has 6 nitrogen and oxygen atoms in total. The van der Waals surface area contributed by atoms with Crippen LogP contribution in [0.5, 0.6) is 11.5 Å². The molecule has 9 heteroatoms. The van der Waals surface area contributed by atoms with Gasteiger partial charge in [0.15, 0.2) is 11.5 Å². The highest BCUT2D eigenvalue weighted by molar-refractivity contribution is 5.97. The van der Waals surface area contributed by atoms with E-state index >= 15 is 0 Å². The third-order valence-corrected chi connectivity index (χ3v) is 4.19. The van der Waals surface area contributed by atoms with Gasteiger partial charge >= 0.3 is 6.18 Å². The highest BCUT2D eigenvalue weighted by Gasteiger charge is 2.30. The van der Waals surface area contributed by atoms with Gasteiger partial charge in [-0.05, 0) is 42.8 Å². The zero-order valence-corrected chi connectivity index (χ0v) is 16.5. The van der Waals surface area contributed by atoms with Gasteiger partial charge in [0, 0.05) is 11.9 Å². The fourth-order valence-corrected chi connectivity index (χ4v) is 2.57. The molecular formula is C21H20F3N3O3. The first-order valence-electron chi connectivity index (χ1n) is 8.76. The number of nitrogens with zero attached hydrogens (tertiary/aromatic N) is 1. The third kappa shape index (κ3) is 5.67. The molecule has 0 spiro atoms. The molecule has 0 fully saturated rings. The van der Waals surface area contributed by atoms with Crippen LogP contribution < -0.4 is 20.1 Å². The smallest absolute Gasteiger partial charge is 0.416 e. The van der Waals surface area contributed by atoms with Crippen molar-refractivity contribution in [1.29, 1.82) is 5.26 Å². The molecule has 0 saturated heterocycles. The van der Waals surface area contributed by atoms with E-state index in [-0.39, 0.29) is 11.3 Å². The first-order chi connectivity index (χ1) is 14.2. The summed E-state index contributed by atoms with van der Waals surface area (Å²) < 4.78 is 48.8. The number of anilines is 1. The van der Waals surface area contributed by atoms with Gasteiger partial charge in [-0.3, -0.25) is 4.79 Å². The molecule has 30 heavy (non-hydrogen) atoms. The van der Waals surface area contributed by atoms with Crippen LogP contribution in [0.1, 0.15) is 24.1 Å². The normalized spacial score (nSPS) is 12.5. The van der Waals surface area contributed by atoms with Crippen LogP contribution in [0.3, 0.4) is 0 Å². The molecular weight excluding hydrogens is 399 g/mol. The predicted molar refractivity (Wildman–Crippen MR) is 105 cm³/mol. The first-order valence-corrected chi connectivity index (χ1v) is 8.76. The van der Waals surface area contributed by atoms with E-state index in [2.05, 4.69) is 10.6 Å². The van der Waals surface area contributed by atoms with Gasteiger partial charge in [0.05, 0.1) is 25.8 Å². The monoisotopic (exact) mass is 419 g/mol. The Labute approximate surface area is 171 Å². The van der Waals surface area contributed by atoms with E-state index in [1.54, 1.807) is 31.2 Å². The van der Waals surface area contributed by atoms with E-state index in [1.807, 2.05) is 0 Å². The van der Waals surface area contributed by atoms with Crippen LogP contribution in [-0.2, 0) is 11.0 Å². The van der Waals surface area contributed by atoms with Gasteiger partial charge in [-0.15, -0.1) is 0 Å². The lowest BCUT2D eigenvalue weighted by Crippen LogP contribution is -2.28. The number of nitrogens with one attached hydrogen (secondary N) is 2. The number of benzene rings is 2. The molecule has 1 amide bonds. The van der Waals surface area contributed by atoms with Crippen LogP contribution in [-0.4, -0.2) is 20.1 Å². The third-order valence-electron chi connectivity index (χ3n) is 4.19. The molecule has 158 valence electrons. The van der Waals surface area contributed by atoms with Gasteiger partial charge in [-0.2, -0.15) is 18.4 Å². The second kappa shape index (κ2) is 9.69. The predicted octanol–water partition coefficient (Wildman–Crippen LogP) is 4.42.